The molecule has 2 aromatic carbocycles. The fraction of sp³-hybridized carbons (Fsp3) is 0.160. The number of hydrogen-bond acceptors (Lipinski definition) is 5. The highest BCUT2D eigenvalue weighted by Gasteiger charge is 2.21. The third-order valence-electron chi connectivity index (χ3n) is 5.71. The topological polar surface area (TPSA) is 123 Å². The van der Waals surface area contributed by atoms with Crippen LogP contribution in [-0.2, 0) is 11.3 Å². The Morgan fingerprint density at radius 1 is 1.09 bits per heavy atom. The molecule has 178 valence electrons. The van der Waals surface area contributed by atoms with Crippen LogP contribution in [0.25, 0.3) is 10.9 Å². The number of benzene rings is 2. The van der Waals surface area contributed by atoms with Gasteiger partial charge in [-0.1, -0.05) is 18.2 Å². The van der Waals surface area contributed by atoms with Crippen molar-refractivity contribution < 1.29 is 18.8 Å². The zero-order valence-corrected chi connectivity index (χ0v) is 19.4. The monoisotopic (exact) mass is 474 g/mol. The molecule has 0 radical (unpaired) electrons. The molecule has 0 saturated carbocycles. The van der Waals surface area contributed by atoms with Crippen molar-refractivity contribution in [3.63, 3.8) is 0 Å². The van der Waals surface area contributed by atoms with Gasteiger partial charge in [0, 0.05) is 18.1 Å². The Morgan fingerprint density at radius 3 is 2.46 bits per heavy atom. The number of fused-ring (bicyclic) bond motifs is 1. The molecule has 2 aromatic heterocycles. The summed E-state index contributed by atoms with van der Waals surface area (Å²) in [5, 5.41) is 7.72. The smallest absolute Gasteiger partial charge is 0.274 e. The summed E-state index contributed by atoms with van der Waals surface area (Å²) in [5.74, 6) is -1.87. The van der Waals surface area contributed by atoms with Crippen molar-refractivity contribution in [2.75, 3.05) is 17.3 Å². The summed E-state index contributed by atoms with van der Waals surface area (Å²) in [6, 6.07) is 13.8. The lowest BCUT2D eigenvalue weighted by molar-refractivity contribution is -0.119. The maximum absolute atomic E-state index is 13.2. The lowest BCUT2D eigenvalue weighted by Crippen LogP contribution is -2.30. The van der Waals surface area contributed by atoms with Crippen LogP contribution in [0.2, 0.25) is 0 Å². The van der Waals surface area contributed by atoms with Crippen LogP contribution in [0.3, 0.4) is 0 Å². The molecular weight excluding hydrogens is 451 g/mol. The summed E-state index contributed by atoms with van der Waals surface area (Å²) in [4.78, 5) is 43.5. The molecule has 10 heteroatoms. The highest BCUT2D eigenvalue weighted by molar-refractivity contribution is 6.10. The van der Waals surface area contributed by atoms with Gasteiger partial charge in [-0.15, -0.1) is 0 Å². The molecule has 4 aromatic rings. The molecule has 3 amide bonds. The van der Waals surface area contributed by atoms with Gasteiger partial charge in [-0.2, -0.15) is 5.10 Å². The maximum Gasteiger partial charge on any atom is 0.274 e. The van der Waals surface area contributed by atoms with Gasteiger partial charge in [0.2, 0.25) is 11.8 Å². The van der Waals surface area contributed by atoms with Gasteiger partial charge in [-0.05, 0) is 50.2 Å². The van der Waals surface area contributed by atoms with Gasteiger partial charge in [-0.25, -0.2) is 9.37 Å². The molecule has 9 nitrogen and oxygen atoms in total. The quantitative estimate of drug-likeness (QED) is 0.444. The number of hydrogen-bond donors (Lipinski definition) is 2. The summed E-state index contributed by atoms with van der Waals surface area (Å²) in [6.45, 7) is 3.34. The highest BCUT2D eigenvalue weighted by atomic mass is 19.1. The fourth-order valence-corrected chi connectivity index (χ4v) is 3.75. The first-order chi connectivity index (χ1) is 16.7. The van der Waals surface area contributed by atoms with Crippen molar-refractivity contribution in [1.82, 2.24) is 14.8 Å². The van der Waals surface area contributed by atoms with Gasteiger partial charge in [0.15, 0.2) is 0 Å². The summed E-state index contributed by atoms with van der Waals surface area (Å²) in [5.41, 5.74) is 8.23. The average molecular weight is 474 g/mol. The number of para-hydroxylation sites is 1. The van der Waals surface area contributed by atoms with Gasteiger partial charge >= 0.3 is 0 Å². The van der Waals surface area contributed by atoms with Crippen LogP contribution in [0.5, 0.6) is 0 Å². The summed E-state index contributed by atoms with van der Waals surface area (Å²) >= 11 is 0. The van der Waals surface area contributed by atoms with E-state index in [9.17, 15) is 18.8 Å². The first-order valence-corrected chi connectivity index (χ1v) is 10.7. The molecule has 0 aliphatic heterocycles. The number of carbonyl (C=O) groups excluding carboxylic acids is 3. The molecule has 0 bridgehead atoms. The minimum atomic E-state index is -0.665. The highest BCUT2D eigenvalue weighted by Crippen LogP contribution is 2.23. The molecule has 35 heavy (non-hydrogen) atoms. The first kappa shape index (κ1) is 23.6. The lowest BCUT2D eigenvalue weighted by atomic mass is 10.1. The maximum atomic E-state index is 13.2. The third-order valence-corrected chi connectivity index (χ3v) is 5.71. The van der Waals surface area contributed by atoms with Crippen LogP contribution in [0, 0.1) is 19.7 Å². The Kier molecular flexibility index (Phi) is 6.28. The van der Waals surface area contributed by atoms with E-state index in [0.29, 0.717) is 33.7 Å². The van der Waals surface area contributed by atoms with Crippen LogP contribution in [-0.4, -0.2) is 39.5 Å². The number of aryl methyl sites for hydroxylation is 1. The molecule has 0 unspecified atom stereocenters. The summed E-state index contributed by atoms with van der Waals surface area (Å²) in [7, 11) is 1.59. The van der Waals surface area contributed by atoms with Gasteiger partial charge < -0.3 is 16.0 Å². The number of nitrogens with zero attached hydrogens (tertiary/aromatic N) is 4. The number of likely N-dealkylation sites (N-methyl/N-ethyl adjacent to an activating group) is 1. The largest absolute Gasteiger partial charge is 0.366 e. The minimum Gasteiger partial charge on any atom is -0.366 e. The number of primary amides is 1. The molecule has 0 fully saturated rings. The molecule has 0 saturated heterocycles. The Hall–Kier alpha value is -4.60. The Labute approximate surface area is 200 Å². The Morgan fingerprint density at radius 2 is 1.77 bits per heavy atom. The predicted octanol–water partition coefficient (Wildman–Crippen LogP) is 3.20. The number of pyridine rings is 1. The van der Waals surface area contributed by atoms with E-state index in [0.717, 1.165) is 0 Å². The molecule has 4 rings (SSSR count). The van der Waals surface area contributed by atoms with E-state index >= 15 is 0 Å². The third kappa shape index (κ3) is 4.72. The Bertz CT molecular complexity index is 1460. The van der Waals surface area contributed by atoms with Crippen molar-refractivity contribution in [3.8, 4) is 0 Å². The second-order valence-corrected chi connectivity index (χ2v) is 8.02. The van der Waals surface area contributed by atoms with E-state index in [1.165, 1.54) is 39.9 Å². The first-order valence-electron chi connectivity index (χ1n) is 10.7. The second kappa shape index (κ2) is 9.34. The van der Waals surface area contributed by atoms with E-state index in [2.05, 4.69) is 15.4 Å². The summed E-state index contributed by atoms with van der Waals surface area (Å²) < 4.78 is 14.7. The molecule has 0 aliphatic rings. The molecule has 0 spiro atoms. The number of aromatic nitrogens is 3. The van der Waals surface area contributed by atoms with Crippen LogP contribution in [0.15, 0.2) is 54.6 Å². The van der Waals surface area contributed by atoms with Crippen molar-refractivity contribution in [1.29, 1.82) is 0 Å². The molecule has 2 heterocycles. The number of rotatable bonds is 6. The SMILES string of the molecule is Cc1nn(CC(=O)N(C)c2ccc(F)cc2)c(C)c1NC(=O)c1cc(C(N)=O)c2ccccc2n1. The van der Waals surface area contributed by atoms with Crippen molar-refractivity contribution in [2.24, 2.45) is 5.73 Å². The number of amides is 3. The number of halogens is 1. The summed E-state index contributed by atoms with van der Waals surface area (Å²) in [6.07, 6.45) is 0. The predicted molar refractivity (Wildman–Crippen MR) is 130 cm³/mol. The van der Waals surface area contributed by atoms with Gasteiger partial charge in [0.25, 0.3) is 5.91 Å². The van der Waals surface area contributed by atoms with Crippen LogP contribution in [0.4, 0.5) is 15.8 Å². The van der Waals surface area contributed by atoms with Crippen LogP contribution < -0.4 is 16.0 Å². The average Bonchev–Trinajstić information content (AvgIpc) is 3.10. The van der Waals surface area contributed by atoms with E-state index in [1.807, 2.05) is 0 Å². The fourth-order valence-electron chi connectivity index (χ4n) is 3.75. The van der Waals surface area contributed by atoms with E-state index in [1.54, 1.807) is 45.2 Å². The molecular formula is C25H23FN6O3. The van der Waals surface area contributed by atoms with E-state index < -0.39 is 17.6 Å². The lowest BCUT2D eigenvalue weighted by Gasteiger charge is -2.17. The molecule has 3 N–H and O–H groups in total. The molecule has 0 atom stereocenters. The van der Waals surface area contributed by atoms with Crippen molar-refractivity contribution in [3.05, 3.63) is 83.1 Å². The normalized spacial score (nSPS) is 10.9. The molecule has 0 aliphatic carbocycles. The van der Waals surface area contributed by atoms with E-state index in [-0.39, 0.29) is 23.7 Å². The standard InChI is InChI=1S/C25H23FN6O3/c1-14-23(15(2)32(30-14)13-22(33)31(3)17-10-8-16(26)9-11-17)29-25(35)21-12-19(24(27)34)18-6-4-5-7-20(18)28-21/h4-12H,13H2,1-3H3,(H2,27,34)(H,29,35). The van der Waals surface area contributed by atoms with Crippen molar-refractivity contribution >= 4 is 40.0 Å². The number of carbonyl (C=O) groups is 3. The van der Waals surface area contributed by atoms with Gasteiger partial charge in [0.05, 0.1) is 28.2 Å². The van der Waals surface area contributed by atoms with Crippen LogP contribution in [0.1, 0.15) is 32.2 Å². The number of nitrogens with two attached hydrogens (primary N) is 1. The Balaban J connectivity index is 1.57. The van der Waals surface area contributed by atoms with E-state index in [4.69, 9.17) is 5.73 Å². The van der Waals surface area contributed by atoms with Gasteiger partial charge in [0.1, 0.15) is 18.1 Å². The minimum absolute atomic E-state index is 0.0242. The van der Waals surface area contributed by atoms with Crippen molar-refractivity contribution in [2.45, 2.75) is 20.4 Å². The van der Waals surface area contributed by atoms with Crippen LogP contribution >= 0.6 is 0 Å². The number of nitrogens with one attached hydrogen (secondary N) is 1. The number of anilines is 2. The second-order valence-electron chi connectivity index (χ2n) is 8.02. The zero-order chi connectivity index (χ0) is 25.3. The van der Waals surface area contributed by atoms with Gasteiger partial charge in [-0.3, -0.25) is 19.1 Å². The zero-order valence-electron chi connectivity index (χ0n) is 19.4.